The van der Waals surface area contributed by atoms with Crippen molar-refractivity contribution < 1.29 is 14.3 Å². The first-order chi connectivity index (χ1) is 6.86. The van der Waals surface area contributed by atoms with Gasteiger partial charge in [-0.25, -0.2) is 5.90 Å². The Kier molecular flexibility index (Phi) is 2.56. The molecule has 1 aliphatic rings. The highest BCUT2D eigenvalue weighted by molar-refractivity contribution is 5.49. The third-order valence-electron chi connectivity index (χ3n) is 2.39. The third-order valence-corrected chi connectivity index (χ3v) is 2.39. The summed E-state index contributed by atoms with van der Waals surface area (Å²) in [6.07, 6.45) is 0. The Morgan fingerprint density at radius 3 is 3.14 bits per heavy atom. The summed E-state index contributed by atoms with van der Waals surface area (Å²) in [4.78, 5) is 4.65. The van der Waals surface area contributed by atoms with Gasteiger partial charge in [-0.1, -0.05) is 6.07 Å². The number of fused-ring (bicyclic) bond motifs is 1. The van der Waals surface area contributed by atoms with Crippen LogP contribution in [0.1, 0.15) is 11.5 Å². The molecule has 4 heteroatoms. The molecule has 14 heavy (non-hydrogen) atoms. The van der Waals surface area contributed by atoms with Crippen molar-refractivity contribution in [2.24, 2.45) is 5.90 Å². The minimum Gasteiger partial charge on any atom is -0.496 e. The van der Waals surface area contributed by atoms with Gasteiger partial charge < -0.3 is 14.3 Å². The first kappa shape index (κ1) is 9.30. The van der Waals surface area contributed by atoms with E-state index in [4.69, 9.17) is 15.4 Å². The standard InChI is InChI=1S/C10H13NO3/c1-12-8-3-2-4-9-10(8)7(5-13-9)6-14-11/h2-4,7H,5-6,11H2,1H3. The molecule has 1 atom stereocenters. The average molecular weight is 195 g/mol. The Morgan fingerprint density at radius 2 is 2.43 bits per heavy atom. The van der Waals surface area contributed by atoms with Gasteiger partial charge in [-0.2, -0.15) is 0 Å². The molecule has 76 valence electrons. The fraction of sp³-hybridized carbons (Fsp3) is 0.400. The SMILES string of the molecule is COc1cccc2c1C(CON)CO2. The van der Waals surface area contributed by atoms with Crippen LogP contribution in [0.15, 0.2) is 18.2 Å². The summed E-state index contributed by atoms with van der Waals surface area (Å²) in [7, 11) is 1.65. The van der Waals surface area contributed by atoms with E-state index < -0.39 is 0 Å². The molecule has 0 amide bonds. The third kappa shape index (κ3) is 1.42. The fourth-order valence-corrected chi connectivity index (χ4v) is 1.75. The number of nitrogens with two attached hydrogens (primary N) is 1. The van der Waals surface area contributed by atoms with Gasteiger partial charge in [0.1, 0.15) is 11.5 Å². The molecule has 0 bridgehead atoms. The van der Waals surface area contributed by atoms with E-state index in [1.165, 1.54) is 0 Å². The lowest BCUT2D eigenvalue weighted by atomic mass is 10.0. The highest BCUT2D eigenvalue weighted by atomic mass is 16.6. The van der Waals surface area contributed by atoms with Gasteiger partial charge in [0.05, 0.1) is 26.2 Å². The Balaban J connectivity index is 2.35. The average Bonchev–Trinajstić information content (AvgIpc) is 2.62. The van der Waals surface area contributed by atoms with Gasteiger partial charge in [0.15, 0.2) is 0 Å². The predicted molar refractivity (Wildman–Crippen MR) is 51.4 cm³/mol. The number of hydrogen-bond acceptors (Lipinski definition) is 4. The second kappa shape index (κ2) is 3.86. The summed E-state index contributed by atoms with van der Waals surface area (Å²) in [5, 5.41) is 0. The number of benzene rings is 1. The van der Waals surface area contributed by atoms with Crippen molar-refractivity contribution in [2.75, 3.05) is 20.3 Å². The van der Waals surface area contributed by atoms with Crippen molar-refractivity contribution in [1.82, 2.24) is 0 Å². The topological polar surface area (TPSA) is 53.7 Å². The van der Waals surface area contributed by atoms with E-state index in [2.05, 4.69) is 4.84 Å². The normalized spacial score (nSPS) is 18.9. The first-order valence-electron chi connectivity index (χ1n) is 4.48. The molecule has 0 aromatic heterocycles. The van der Waals surface area contributed by atoms with E-state index >= 15 is 0 Å². The first-order valence-corrected chi connectivity index (χ1v) is 4.48. The molecule has 0 fully saturated rings. The highest BCUT2D eigenvalue weighted by Crippen LogP contribution is 2.40. The predicted octanol–water partition coefficient (Wildman–Crippen LogP) is 1.06. The van der Waals surface area contributed by atoms with Crippen molar-refractivity contribution in [3.8, 4) is 11.5 Å². The van der Waals surface area contributed by atoms with Gasteiger partial charge >= 0.3 is 0 Å². The number of methoxy groups -OCH3 is 1. The molecular formula is C10H13NO3. The van der Waals surface area contributed by atoms with Crippen LogP contribution < -0.4 is 15.4 Å². The summed E-state index contributed by atoms with van der Waals surface area (Å²) in [5.74, 6) is 6.94. The molecular weight excluding hydrogens is 182 g/mol. The second-order valence-electron chi connectivity index (χ2n) is 3.21. The van der Waals surface area contributed by atoms with E-state index in [0.717, 1.165) is 17.1 Å². The van der Waals surface area contributed by atoms with E-state index in [9.17, 15) is 0 Å². The lowest BCUT2D eigenvalue weighted by Crippen LogP contribution is -2.13. The van der Waals surface area contributed by atoms with E-state index in [1.54, 1.807) is 7.11 Å². The van der Waals surface area contributed by atoms with Crippen LogP contribution in [-0.4, -0.2) is 20.3 Å². The van der Waals surface area contributed by atoms with Crippen LogP contribution in [0.4, 0.5) is 0 Å². The molecule has 1 unspecified atom stereocenters. The van der Waals surface area contributed by atoms with Crippen molar-refractivity contribution in [1.29, 1.82) is 0 Å². The van der Waals surface area contributed by atoms with Gasteiger partial charge in [-0.3, -0.25) is 0 Å². The maximum absolute atomic E-state index is 5.49. The molecule has 4 nitrogen and oxygen atoms in total. The maximum Gasteiger partial charge on any atom is 0.126 e. The smallest absolute Gasteiger partial charge is 0.126 e. The van der Waals surface area contributed by atoms with Gasteiger partial charge in [-0.05, 0) is 12.1 Å². The molecule has 1 heterocycles. The van der Waals surface area contributed by atoms with Crippen LogP contribution in [-0.2, 0) is 4.84 Å². The van der Waals surface area contributed by atoms with Crippen molar-refractivity contribution >= 4 is 0 Å². The molecule has 0 saturated heterocycles. The number of ether oxygens (including phenoxy) is 2. The molecule has 2 N–H and O–H groups in total. The van der Waals surface area contributed by atoms with Crippen molar-refractivity contribution in [3.63, 3.8) is 0 Å². The van der Waals surface area contributed by atoms with Crippen molar-refractivity contribution in [3.05, 3.63) is 23.8 Å². The minimum atomic E-state index is 0.172. The Morgan fingerprint density at radius 1 is 1.57 bits per heavy atom. The molecule has 1 aromatic carbocycles. The zero-order chi connectivity index (χ0) is 9.97. The van der Waals surface area contributed by atoms with Crippen molar-refractivity contribution in [2.45, 2.75) is 5.92 Å². The highest BCUT2D eigenvalue weighted by Gasteiger charge is 2.27. The quantitative estimate of drug-likeness (QED) is 0.733. The Hall–Kier alpha value is -1.26. The van der Waals surface area contributed by atoms with Crippen LogP contribution in [0.3, 0.4) is 0 Å². The zero-order valence-electron chi connectivity index (χ0n) is 8.03. The largest absolute Gasteiger partial charge is 0.496 e. The summed E-state index contributed by atoms with van der Waals surface area (Å²) in [6.45, 7) is 1.06. The number of rotatable bonds is 3. The van der Waals surface area contributed by atoms with Crippen LogP contribution in [0.25, 0.3) is 0 Å². The summed E-state index contributed by atoms with van der Waals surface area (Å²) in [5.41, 5.74) is 1.06. The molecule has 2 rings (SSSR count). The summed E-state index contributed by atoms with van der Waals surface area (Å²) in [6, 6.07) is 5.74. The molecule has 1 aromatic rings. The van der Waals surface area contributed by atoms with E-state index in [1.807, 2.05) is 18.2 Å². The monoisotopic (exact) mass is 195 g/mol. The van der Waals surface area contributed by atoms with Gasteiger partial charge in [0.25, 0.3) is 0 Å². The second-order valence-corrected chi connectivity index (χ2v) is 3.21. The van der Waals surface area contributed by atoms with Gasteiger partial charge in [0.2, 0.25) is 0 Å². The van der Waals surface area contributed by atoms with Gasteiger partial charge in [-0.15, -0.1) is 0 Å². The summed E-state index contributed by atoms with van der Waals surface area (Å²) < 4.78 is 10.7. The van der Waals surface area contributed by atoms with Crippen LogP contribution in [0, 0.1) is 0 Å². The van der Waals surface area contributed by atoms with Gasteiger partial charge in [0, 0.05) is 5.56 Å². The molecule has 0 aliphatic carbocycles. The van der Waals surface area contributed by atoms with E-state index in [-0.39, 0.29) is 5.92 Å². The van der Waals surface area contributed by atoms with Crippen LogP contribution in [0.2, 0.25) is 0 Å². The Bertz CT molecular complexity index is 325. The van der Waals surface area contributed by atoms with E-state index in [0.29, 0.717) is 13.2 Å². The Labute approximate surface area is 82.5 Å². The minimum absolute atomic E-state index is 0.172. The van der Waals surface area contributed by atoms with Crippen LogP contribution in [0.5, 0.6) is 11.5 Å². The molecule has 0 spiro atoms. The number of hydrogen-bond donors (Lipinski definition) is 1. The molecule has 1 aliphatic heterocycles. The lowest BCUT2D eigenvalue weighted by molar-refractivity contribution is 0.114. The fourth-order valence-electron chi connectivity index (χ4n) is 1.75. The summed E-state index contributed by atoms with van der Waals surface area (Å²) >= 11 is 0. The zero-order valence-corrected chi connectivity index (χ0v) is 8.03. The molecule has 0 radical (unpaired) electrons. The molecule has 0 saturated carbocycles. The maximum atomic E-state index is 5.49. The van der Waals surface area contributed by atoms with Crippen LogP contribution >= 0.6 is 0 Å². The lowest BCUT2D eigenvalue weighted by Gasteiger charge is -2.10.